The van der Waals surface area contributed by atoms with Crippen molar-refractivity contribution in [3.8, 4) is 17.1 Å². The molecule has 0 aliphatic carbocycles. The molecule has 1 aliphatic rings. The normalized spacial score (nSPS) is 14.9. The van der Waals surface area contributed by atoms with Gasteiger partial charge >= 0.3 is 0 Å². The second kappa shape index (κ2) is 9.47. The van der Waals surface area contributed by atoms with Crippen molar-refractivity contribution in [2.75, 3.05) is 10.7 Å². The largest absolute Gasteiger partial charge is 0.447 e. The Morgan fingerprint density at radius 2 is 1.94 bits per heavy atom. The number of thioether (sulfide) groups is 1. The van der Waals surface area contributed by atoms with E-state index in [-0.39, 0.29) is 5.91 Å². The predicted octanol–water partition coefficient (Wildman–Crippen LogP) is 5.44. The molecule has 0 bridgehead atoms. The summed E-state index contributed by atoms with van der Waals surface area (Å²) in [4.78, 5) is 19.2. The Balaban J connectivity index is 1.88. The molecule has 1 atom stereocenters. The molecule has 7 heteroatoms. The van der Waals surface area contributed by atoms with Gasteiger partial charge in [0.25, 0.3) is 0 Å². The molecule has 1 amide bonds. The highest BCUT2D eigenvalue weighted by Crippen LogP contribution is 2.43. The SMILES string of the molecule is CCCCSc1nnc2c(n1)O[C@H](c1ccccc1)N(C(C)=O)c1ccc(CC)cc1-2. The predicted molar refractivity (Wildman–Crippen MR) is 123 cm³/mol. The number of carbonyl (C=O) groups is 1. The van der Waals surface area contributed by atoms with E-state index in [0.717, 1.165) is 47.4 Å². The Hall–Kier alpha value is -2.93. The highest BCUT2D eigenvalue weighted by Gasteiger charge is 2.34. The molecule has 31 heavy (non-hydrogen) atoms. The molecule has 0 radical (unpaired) electrons. The van der Waals surface area contributed by atoms with Gasteiger partial charge in [0.2, 0.25) is 23.2 Å². The minimum atomic E-state index is -0.642. The zero-order valence-electron chi connectivity index (χ0n) is 18.0. The fourth-order valence-electron chi connectivity index (χ4n) is 3.58. The molecule has 2 aromatic carbocycles. The number of nitrogens with zero attached hydrogens (tertiary/aromatic N) is 4. The minimum Gasteiger partial charge on any atom is -0.447 e. The van der Waals surface area contributed by atoms with Gasteiger partial charge < -0.3 is 4.74 Å². The Bertz CT molecular complexity index is 1070. The van der Waals surface area contributed by atoms with Crippen molar-refractivity contribution in [1.82, 2.24) is 15.2 Å². The van der Waals surface area contributed by atoms with Crippen molar-refractivity contribution in [2.45, 2.75) is 51.4 Å². The van der Waals surface area contributed by atoms with Gasteiger partial charge in [0.1, 0.15) is 0 Å². The number of ether oxygens (including phenoxy) is 1. The molecule has 0 saturated carbocycles. The van der Waals surface area contributed by atoms with E-state index in [1.807, 2.05) is 42.5 Å². The molecule has 0 unspecified atom stereocenters. The van der Waals surface area contributed by atoms with Gasteiger partial charge in [-0.2, -0.15) is 4.98 Å². The van der Waals surface area contributed by atoms with E-state index in [1.165, 1.54) is 0 Å². The van der Waals surface area contributed by atoms with Crippen LogP contribution in [0.5, 0.6) is 5.88 Å². The first kappa shape index (κ1) is 21.3. The van der Waals surface area contributed by atoms with Crippen LogP contribution in [-0.2, 0) is 11.2 Å². The van der Waals surface area contributed by atoms with Gasteiger partial charge in [0.15, 0.2) is 5.69 Å². The van der Waals surface area contributed by atoms with Crippen LogP contribution < -0.4 is 9.64 Å². The average molecular weight is 435 g/mol. The Kier molecular flexibility index (Phi) is 6.51. The summed E-state index contributed by atoms with van der Waals surface area (Å²) in [5.74, 6) is 1.22. The average Bonchev–Trinajstić information content (AvgIpc) is 2.93. The van der Waals surface area contributed by atoms with Crippen LogP contribution in [0.4, 0.5) is 5.69 Å². The van der Waals surface area contributed by atoms with Gasteiger partial charge in [-0.05, 0) is 30.5 Å². The second-order valence-corrected chi connectivity index (χ2v) is 8.49. The fourth-order valence-corrected chi connectivity index (χ4v) is 4.44. The number of aromatic nitrogens is 3. The lowest BCUT2D eigenvalue weighted by molar-refractivity contribution is -0.118. The molecule has 0 fully saturated rings. The zero-order valence-corrected chi connectivity index (χ0v) is 18.9. The van der Waals surface area contributed by atoms with Gasteiger partial charge in [-0.25, -0.2) is 0 Å². The summed E-state index contributed by atoms with van der Waals surface area (Å²) in [6, 6.07) is 15.8. The number of anilines is 1. The number of benzene rings is 2. The quantitative estimate of drug-likeness (QED) is 0.380. The lowest BCUT2D eigenvalue weighted by atomic mass is 10.0. The van der Waals surface area contributed by atoms with E-state index >= 15 is 0 Å². The first-order valence-corrected chi connectivity index (χ1v) is 11.6. The van der Waals surface area contributed by atoms with E-state index in [9.17, 15) is 4.79 Å². The van der Waals surface area contributed by atoms with Gasteiger partial charge in [0, 0.05) is 23.8 Å². The van der Waals surface area contributed by atoms with E-state index in [2.05, 4.69) is 30.1 Å². The van der Waals surface area contributed by atoms with Gasteiger partial charge in [-0.1, -0.05) is 68.4 Å². The molecule has 3 aromatic rings. The van der Waals surface area contributed by atoms with Crippen molar-refractivity contribution in [3.63, 3.8) is 0 Å². The van der Waals surface area contributed by atoms with Crippen LogP contribution in [0.2, 0.25) is 0 Å². The monoisotopic (exact) mass is 434 g/mol. The van der Waals surface area contributed by atoms with E-state index in [4.69, 9.17) is 9.72 Å². The number of fused-ring (bicyclic) bond motifs is 3. The number of unbranched alkanes of at least 4 members (excludes halogenated alkanes) is 1. The molecular weight excluding hydrogens is 408 g/mol. The highest BCUT2D eigenvalue weighted by molar-refractivity contribution is 7.99. The summed E-state index contributed by atoms with van der Waals surface area (Å²) in [6.45, 7) is 5.81. The molecule has 1 aromatic heterocycles. The Morgan fingerprint density at radius 1 is 1.13 bits per heavy atom. The summed E-state index contributed by atoms with van der Waals surface area (Å²) < 4.78 is 6.40. The molecule has 2 heterocycles. The summed E-state index contributed by atoms with van der Waals surface area (Å²) in [5, 5.41) is 9.43. The maximum absolute atomic E-state index is 12.8. The lowest BCUT2D eigenvalue weighted by Gasteiger charge is -2.30. The molecule has 4 rings (SSSR count). The first-order chi connectivity index (χ1) is 15.1. The van der Waals surface area contributed by atoms with Crippen LogP contribution in [-0.4, -0.2) is 26.8 Å². The van der Waals surface area contributed by atoms with Gasteiger partial charge in [-0.3, -0.25) is 9.69 Å². The van der Waals surface area contributed by atoms with Crippen LogP contribution in [0, 0.1) is 0 Å². The molecule has 0 N–H and O–H groups in total. The van der Waals surface area contributed by atoms with Crippen LogP contribution >= 0.6 is 11.8 Å². The summed E-state index contributed by atoms with van der Waals surface area (Å²) >= 11 is 1.57. The first-order valence-electron chi connectivity index (χ1n) is 10.6. The van der Waals surface area contributed by atoms with Crippen molar-refractivity contribution < 1.29 is 9.53 Å². The highest BCUT2D eigenvalue weighted by atomic mass is 32.2. The smallest absolute Gasteiger partial charge is 0.247 e. The lowest BCUT2D eigenvalue weighted by Crippen LogP contribution is -2.36. The van der Waals surface area contributed by atoms with Crippen molar-refractivity contribution >= 4 is 23.4 Å². The van der Waals surface area contributed by atoms with Crippen molar-refractivity contribution in [1.29, 1.82) is 0 Å². The molecule has 0 spiro atoms. The Labute approximate surface area is 187 Å². The van der Waals surface area contributed by atoms with E-state index in [0.29, 0.717) is 16.7 Å². The zero-order chi connectivity index (χ0) is 21.8. The summed E-state index contributed by atoms with van der Waals surface area (Å²) in [7, 11) is 0. The fraction of sp³-hybridized carbons (Fsp3) is 0.333. The maximum atomic E-state index is 12.8. The van der Waals surface area contributed by atoms with Crippen LogP contribution in [0.3, 0.4) is 0 Å². The minimum absolute atomic E-state index is 0.113. The molecule has 1 aliphatic heterocycles. The number of rotatable bonds is 6. The topological polar surface area (TPSA) is 68.2 Å². The van der Waals surface area contributed by atoms with Crippen molar-refractivity contribution in [2.24, 2.45) is 0 Å². The third-order valence-electron chi connectivity index (χ3n) is 5.23. The van der Waals surface area contributed by atoms with Crippen LogP contribution in [0.1, 0.15) is 51.0 Å². The van der Waals surface area contributed by atoms with E-state index < -0.39 is 6.23 Å². The third-order valence-corrected chi connectivity index (χ3v) is 6.15. The number of carbonyl (C=O) groups excluding carboxylic acids is 1. The summed E-state index contributed by atoms with van der Waals surface area (Å²) in [5.41, 5.74) is 4.15. The maximum Gasteiger partial charge on any atom is 0.247 e. The van der Waals surface area contributed by atoms with E-state index in [1.54, 1.807) is 23.6 Å². The number of amides is 1. The number of hydrogen-bond donors (Lipinski definition) is 0. The Morgan fingerprint density at radius 3 is 2.65 bits per heavy atom. The van der Waals surface area contributed by atoms with Crippen LogP contribution in [0.15, 0.2) is 53.7 Å². The molecular formula is C24H26N4O2S. The number of hydrogen-bond acceptors (Lipinski definition) is 6. The molecule has 6 nitrogen and oxygen atoms in total. The van der Waals surface area contributed by atoms with Crippen LogP contribution in [0.25, 0.3) is 11.3 Å². The standard InChI is InChI=1S/C24H26N4O2S/c1-4-6-14-31-24-25-22-21(26-27-24)19-15-17(5-2)12-13-20(19)28(16(3)29)23(30-22)18-10-8-7-9-11-18/h7-13,15,23H,4-6,14H2,1-3H3/t23-/m1/s1. The third kappa shape index (κ3) is 4.42. The molecule has 160 valence electrons. The second-order valence-electron chi connectivity index (χ2n) is 7.43. The molecule has 0 saturated heterocycles. The summed E-state index contributed by atoms with van der Waals surface area (Å²) in [6.07, 6.45) is 2.42. The number of aryl methyl sites for hydroxylation is 1. The van der Waals surface area contributed by atoms with Gasteiger partial charge in [0.05, 0.1) is 5.69 Å². The van der Waals surface area contributed by atoms with Crippen molar-refractivity contribution in [3.05, 3.63) is 59.7 Å². The van der Waals surface area contributed by atoms with Gasteiger partial charge in [-0.15, -0.1) is 10.2 Å².